The van der Waals surface area contributed by atoms with Crippen LogP contribution in [0.4, 0.5) is 18.9 Å². The second-order valence-corrected chi connectivity index (χ2v) is 6.56. The molecule has 0 saturated heterocycles. The van der Waals surface area contributed by atoms with Gasteiger partial charge in [-0.1, -0.05) is 15.9 Å². The molecule has 0 unspecified atom stereocenters. The Hall–Kier alpha value is -3.07. The predicted molar refractivity (Wildman–Crippen MR) is 101 cm³/mol. The van der Waals surface area contributed by atoms with E-state index in [1.54, 1.807) is 41.4 Å². The van der Waals surface area contributed by atoms with Crippen LogP contribution in [0, 0.1) is 0 Å². The monoisotopic (exact) mass is 452 g/mol. The van der Waals surface area contributed by atoms with Crippen molar-refractivity contribution < 1.29 is 22.7 Å². The number of rotatable bonds is 4. The van der Waals surface area contributed by atoms with Crippen LogP contribution in [0.25, 0.3) is 0 Å². The lowest BCUT2D eigenvalue weighted by atomic mass is 10.2. The van der Waals surface area contributed by atoms with Crippen LogP contribution in [-0.2, 0) is 6.18 Å². The summed E-state index contributed by atoms with van der Waals surface area (Å²) in [5.41, 5.74) is -2.42. The van der Waals surface area contributed by atoms with E-state index in [2.05, 4.69) is 21.2 Å². The highest BCUT2D eigenvalue weighted by Gasteiger charge is 2.32. The number of benzene rings is 2. The number of halogens is 4. The van der Waals surface area contributed by atoms with Gasteiger partial charge in [0.2, 0.25) is 0 Å². The largest absolute Gasteiger partial charge is 0.457 e. The Bertz CT molecular complexity index is 1050. The number of aromatic amines is 1. The van der Waals surface area contributed by atoms with Crippen LogP contribution in [0.5, 0.6) is 11.5 Å². The van der Waals surface area contributed by atoms with E-state index < -0.39 is 28.9 Å². The van der Waals surface area contributed by atoms with Crippen LogP contribution in [0.3, 0.4) is 0 Å². The van der Waals surface area contributed by atoms with Gasteiger partial charge in [-0.2, -0.15) is 13.2 Å². The van der Waals surface area contributed by atoms with Gasteiger partial charge in [0.15, 0.2) is 0 Å². The highest BCUT2D eigenvalue weighted by Crippen LogP contribution is 2.27. The first kappa shape index (κ1) is 19.7. The number of amides is 1. The summed E-state index contributed by atoms with van der Waals surface area (Å²) in [6, 6.07) is 15.0. The first-order valence-corrected chi connectivity index (χ1v) is 8.67. The lowest BCUT2D eigenvalue weighted by Gasteiger charge is -2.09. The fraction of sp³-hybridized carbons (Fsp3) is 0.0526. The van der Waals surface area contributed by atoms with E-state index in [9.17, 15) is 22.8 Å². The molecule has 0 aliphatic rings. The van der Waals surface area contributed by atoms with Crippen molar-refractivity contribution in [2.45, 2.75) is 6.18 Å². The topological polar surface area (TPSA) is 71.2 Å². The molecule has 0 fully saturated rings. The molecule has 3 rings (SSSR count). The highest BCUT2D eigenvalue weighted by molar-refractivity contribution is 9.10. The SMILES string of the molecule is O=C(Nc1ccc(Oc2ccc(Br)cc2)cc1)c1ccc(C(F)(F)F)[nH]c1=O. The average Bonchev–Trinajstić information content (AvgIpc) is 2.64. The number of H-pyrrole nitrogens is 1. The quantitative estimate of drug-likeness (QED) is 0.571. The lowest BCUT2D eigenvalue weighted by Crippen LogP contribution is -2.25. The van der Waals surface area contributed by atoms with Crippen molar-refractivity contribution in [2.75, 3.05) is 5.32 Å². The van der Waals surface area contributed by atoms with E-state index in [1.807, 2.05) is 12.1 Å². The summed E-state index contributed by atoms with van der Waals surface area (Å²) < 4.78 is 44.3. The van der Waals surface area contributed by atoms with Crippen LogP contribution in [0.15, 0.2) is 69.9 Å². The fourth-order valence-corrected chi connectivity index (χ4v) is 2.53. The maximum atomic E-state index is 12.6. The van der Waals surface area contributed by atoms with Crippen LogP contribution in [0.2, 0.25) is 0 Å². The standard InChI is InChI=1S/C19H12BrF3N2O3/c20-11-1-5-13(6-2-11)28-14-7-3-12(4-8-14)24-17(26)15-9-10-16(19(21,22)23)25-18(15)27/h1-10H,(H,24,26)(H,25,27). The molecule has 144 valence electrons. The van der Waals surface area contributed by atoms with Gasteiger partial charge >= 0.3 is 6.18 Å². The molecule has 3 aromatic rings. The van der Waals surface area contributed by atoms with Crippen molar-refractivity contribution >= 4 is 27.5 Å². The number of pyridine rings is 1. The summed E-state index contributed by atoms with van der Waals surface area (Å²) in [6.07, 6.45) is -4.70. The maximum Gasteiger partial charge on any atom is 0.431 e. The number of nitrogens with one attached hydrogen (secondary N) is 2. The summed E-state index contributed by atoms with van der Waals surface area (Å²) in [7, 11) is 0. The van der Waals surface area contributed by atoms with E-state index in [-0.39, 0.29) is 0 Å². The molecule has 28 heavy (non-hydrogen) atoms. The Morgan fingerprint density at radius 1 is 0.929 bits per heavy atom. The average molecular weight is 453 g/mol. The molecule has 0 atom stereocenters. The second kappa shape index (κ2) is 7.89. The highest BCUT2D eigenvalue weighted by atomic mass is 79.9. The third-order valence-corrected chi connectivity index (χ3v) is 4.15. The zero-order valence-corrected chi connectivity index (χ0v) is 15.6. The minimum atomic E-state index is -4.70. The summed E-state index contributed by atoms with van der Waals surface area (Å²) >= 11 is 3.33. The molecule has 9 heteroatoms. The van der Waals surface area contributed by atoms with Gasteiger partial charge in [-0.05, 0) is 60.7 Å². The Morgan fingerprint density at radius 3 is 2.04 bits per heavy atom. The molecule has 5 nitrogen and oxygen atoms in total. The summed E-state index contributed by atoms with van der Waals surface area (Å²) in [4.78, 5) is 25.6. The number of carbonyl (C=O) groups excluding carboxylic acids is 1. The minimum Gasteiger partial charge on any atom is -0.457 e. The first-order chi connectivity index (χ1) is 13.2. The van der Waals surface area contributed by atoms with Crippen molar-refractivity contribution in [3.05, 3.63) is 86.7 Å². The fourth-order valence-electron chi connectivity index (χ4n) is 2.26. The normalized spacial score (nSPS) is 11.1. The van der Waals surface area contributed by atoms with Gasteiger partial charge in [0.25, 0.3) is 11.5 Å². The van der Waals surface area contributed by atoms with Crippen molar-refractivity contribution in [1.29, 1.82) is 0 Å². The van der Waals surface area contributed by atoms with E-state index in [1.165, 1.54) is 0 Å². The summed E-state index contributed by atoms with van der Waals surface area (Å²) in [5, 5.41) is 2.45. The van der Waals surface area contributed by atoms with E-state index in [4.69, 9.17) is 4.74 Å². The van der Waals surface area contributed by atoms with Crippen molar-refractivity contribution in [1.82, 2.24) is 4.98 Å². The minimum absolute atomic E-state index is 0.354. The van der Waals surface area contributed by atoms with E-state index >= 15 is 0 Å². The number of anilines is 1. The molecule has 1 heterocycles. The third kappa shape index (κ3) is 4.80. The molecule has 0 bridgehead atoms. The van der Waals surface area contributed by atoms with Gasteiger partial charge in [0.1, 0.15) is 22.8 Å². The molecule has 1 aromatic heterocycles. The first-order valence-electron chi connectivity index (χ1n) is 7.88. The molecule has 0 aliphatic carbocycles. The van der Waals surface area contributed by atoms with Crippen molar-refractivity contribution in [3.63, 3.8) is 0 Å². The zero-order chi connectivity index (χ0) is 20.3. The van der Waals surface area contributed by atoms with Crippen LogP contribution in [0.1, 0.15) is 16.1 Å². The van der Waals surface area contributed by atoms with Gasteiger partial charge in [-0.15, -0.1) is 0 Å². The molecular weight excluding hydrogens is 441 g/mol. The van der Waals surface area contributed by atoms with Gasteiger partial charge in [0, 0.05) is 10.2 Å². The molecule has 2 N–H and O–H groups in total. The summed E-state index contributed by atoms with van der Waals surface area (Å²) in [6.45, 7) is 0. The van der Waals surface area contributed by atoms with E-state index in [0.29, 0.717) is 23.3 Å². The number of hydrogen-bond acceptors (Lipinski definition) is 3. The Balaban J connectivity index is 1.69. The molecular formula is C19H12BrF3N2O3. The third-order valence-electron chi connectivity index (χ3n) is 3.62. The molecule has 0 radical (unpaired) electrons. The number of aromatic nitrogens is 1. The Labute approximate surface area is 165 Å². The molecule has 2 aromatic carbocycles. The van der Waals surface area contributed by atoms with Crippen molar-refractivity contribution in [3.8, 4) is 11.5 Å². The van der Waals surface area contributed by atoms with Crippen LogP contribution >= 0.6 is 15.9 Å². The number of hydrogen-bond donors (Lipinski definition) is 2. The van der Waals surface area contributed by atoms with Crippen molar-refractivity contribution in [2.24, 2.45) is 0 Å². The maximum absolute atomic E-state index is 12.6. The second-order valence-electron chi connectivity index (χ2n) is 5.65. The molecule has 0 spiro atoms. The number of carbonyl (C=O) groups is 1. The smallest absolute Gasteiger partial charge is 0.431 e. The predicted octanol–water partition coefficient (Wildman–Crippen LogP) is 5.20. The number of alkyl halides is 3. The van der Waals surface area contributed by atoms with E-state index in [0.717, 1.165) is 10.5 Å². The molecule has 0 saturated carbocycles. The zero-order valence-electron chi connectivity index (χ0n) is 14.0. The van der Waals surface area contributed by atoms with Gasteiger partial charge in [-0.25, -0.2) is 0 Å². The van der Waals surface area contributed by atoms with Gasteiger partial charge < -0.3 is 15.0 Å². The van der Waals surface area contributed by atoms with Crippen LogP contribution < -0.4 is 15.6 Å². The Morgan fingerprint density at radius 2 is 1.50 bits per heavy atom. The lowest BCUT2D eigenvalue weighted by molar-refractivity contribution is -0.141. The van der Waals surface area contributed by atoms with Gasteiger partial charge in [-0.3, -0.25) is 9.59 Å². The van der Waals surface area contributed by atoms with Gasteiger partial charge in [0.05, 0.1) is 0 Å². The molecule has 0 aliphatic heterocycles. The van der Waals surface area contributed by atoms with Crippen LogP contribution in [-0.4, -0.2) is 10.9 Å². The molecule has 1 amide bonds. The summed E-state index contributed by atoms with van der Waals surface area (Å²) in [5.74, 6) is 0.320. The number of ether oxygens (including phenoxy) is 1. The Kier molecular flexibility index (Phi) is 5.55.